The standard InChI is InChI=1S/C16H13F3N2OS2/c1-2-7-24-15-20-12-6-8-23-13(12)14(22)21(15)11-5-3-4-10(9-11)16(17,18)19/h2-5,9H,1,6-8H2. The van der Waals surface area contributed by atoms with Gasteiger partial charge in [0, 0.05) is 17.9 Å². The minimum Gasteiger partial charge on any atom is -0.268 e. The molecule has 0 saturated heterocycles. The van der Waals surface area contributed by atoms with Crippen LogP contribution in [-0.4, -0.2) is 21.1 Å². The number of hydrogen-bond acceptors (Lipinski definition) is 4. The predicted octanol–water partition coefficient (Wildman–Crippen LogP) is 4.18. The number of alkyl halides is 3. The van der Waals surface area contributed by atoms with Crippen LogP contribution in [0.5, 0.6) is 0 Å². The van der Waals surface area contributed by atoms with E-state index < -0.39 is 11.7 Å². The summed E-state index contributed by atoms with van der Waals surface area (Å²) in [6, 6.07) is 4.75. The summed E-state index contributed by atoms with van der Waals surface area (Å²) < 4.78 is 40.2. The van der Waals surface area contributed by atoms with Gasteiger partial charge in [-0.2, -0.15) is 13.2 Å². The molecule has 3 rings (SSSR count). The fraction of sp³-hybridized carbons (Fsp3) is 0.250. The van der Waals surface area contributed by atoms with Gasteiger partial charge in [-0.25, -0.2) is 4.98 Å². The van der Waals surface area contributed by atoms with Gasteiger partial charge in [-0.15, -0.1) is 18.3 Å². The van der Waals surface area contributed by atoms with Gasteiger partial charge >= 0.3 is 6.18 Å². The third kappa shape index (κ3) is 3.25. The van der Waals surface area contributed by atoms with E-state index in [1.807, 2.05) is 0 Å². The van der Waals surface area contributed by atoms with Gasteiger partial charge in [-0.1, -0.05) is 23.9 Å². The number of halogens is 3. The number of thioether (sulfide) groups is 2. The van der Waals surface area contributed by atoms with Gasteiger partial charge in [-0.3, -0.25) is 9.36 Å². The van der Waals surface area contributed by atoms with Crippen LogP contribution >= 0.6 is 23.5 Å². The van der Waals surface area contributed by atoms with Crippen molar-refractivity contribution in [3.63, 3.8) is 0 Å². The van der Waals surface area contributed by atoms with Crippen molar-refractivity contribution in [2.24, 2.45) is 0 Å². The molecule has 126 valence electrons. The smallest absolute Gasteiger partial charge is 0.268 e. The molecule has 1 aliphatic heterocycles. The third-order valence-corrected chi connectivity index (χ3v) is 5.47. The van der Waals surface area contributed by atoms with Crippen molar-refractivity contribution in [1.82, 2.24) is 9.55 Å². The highest BCUT2D eigenvalue weighted by molar-refractivity contribution is 7.99. The molecule has 0 unspecified atom stereocenters. The molecular weight excluding hydrogens is 357 g/mol. The summed E-state index contributed by atoms with van der Waals surface area (Å²) in [6.07, 6.45) is -2.11. The van der Waals surface area contributed by atoms with Crippen LogP contribution in [0.1, 0.15) is 11.3 Å². The van der Waals surface area contributed by atoms with E-state index in [0.29, 0.717) is 22.2 Å². The van der Waals surface area contributed by atoms with E-state index in [4.69, 9.17) is 0 Å². The molecule has 0 amide bonds. The number of fused-ring (bicyclic) bond motifs is 1. The zero-order valence-corrected chi connectivity index (χ0v) is 14.1. The maximum Gasteiger partial charge on any atom is 0.416 e. The molecule has 3 nitrogen and oxygen atoms in total. The number of benzene rings is 1. The summed E-state index contributed by atoms with van der Waals surface area (Å²) in [5.74, 6) is 1.27. The van der Waals surface area contributed by atoms with Gasteiger partial charge in [0.25, 0.3) is 5.56 Å². The highest BCUT2D eigenvalue weighted by atomic mass is 32.2. The number of aryl methyl sites for hydroxylation is 1. The molecule has 0 bridgehead atoms. The summed E-state index contributed by atoms with van der Waals surface area (Å²) in [5, 5.41) is 0.389. The molecule has 1 aromatic heterocycles. The van der Waals surface area contributed by atoms with E-state index in [1.165, 1.54) is 40.2 Å². The van der Waals surface area contributed by atoms with Gasteiger partial charge in [0.15, 0.2) is 5.16 Å². The number of aromatic nitrogens is 2. The van der Waals surface area contributed by atoms with Crippen molar-refractivity contribution in [3.8, 4) is 5.69 Å². The molecule has 0 fully saturated rings. The van der Waals surface area contributed by atoms with E-state index >= 15 is 0 Å². The van der Waals surface area contributed by atoms with Crippen LogP contribution in [-0.2, 0) is 12.6 Å². The fourth-order valence-electron chi connectivity index (χ4n) is 2.37. The predicted molar refractivity (Wildman–Crippen MR) is 90.2 cm³/mol. The molecule has 2 heterocycles. The number of nitrogens with zero attached hydrogens (tertiary/aromatic N) is 2. The van der Waals surface area contributed by atoms with Crippen LogP contribution in [0, 0.1) is 0 Å². The average molecular weight is 370 g/mol. The second kappa shape index (κ2) is 6.68. The maximum atomic E-state index is 13.0. The molecule has 2 aromatic rings. The largest absolute Gasteiger partial charge is 0.416 e. The van der Waals surface area contributed by atoms with Gasteiger partial charge < -0.3 is 0 Å². The van der Waals surface area contributed by atoms with E-state index in [0.717, 1.165) is 23.6 Å². The molecule has 8 heteroatoms. The van der Waals surface area contributed by atoms with Crippen molar-refractivity contribution in [1.29, 1.82) is 0 Å². The monoisotopic (exact) mass is 370 g/mol. The molecule has 0 radical (unpaired) electrons. The molecule has 0 N–H and O–H groups in total. The fourth-order valence-corrected chi connectivity index (χ4v) is 4.16. The first-order valence-corrected chi connectivity index (χ1v) is 9.09. The van der Waals surface area contributed by atoms with Crippen molar-refractivity contribution in [3.05, 3.63) is 58.5 Å². The molecule has 1 aliphatic rings. The molecule has 0 spiro atoms. The Bertz CT molecular complexity index is 846. The van der Waals surface area contributed by atoms with Gasteiger partial charge in [0.1, 0.15) is 0 Å². The first kappa shape index (κ1) is 17.2. The Morgan fingerprint density at radius 1 is 1.42 bits per heavy atom. The number of rotatable bonds is 4. The summed E-state index contributed by atoms with van der Waals surface area (Å²) >= 11 is 2.68. The van der Waals surface area contributed by atoms with Crippen molar-refractivity contribution in [2.75, 3.05) is 11.5 Å². The number of hydrogen-bond donors (Lipinski definition) is 0. The third-order valence-electron chi connectivity index (χ3n) is 3.43. The lowest BCUT2D eigenvalue weighted by atomic mass is 10.2. The van der Waals surface area contributed by atoms with Crippen molar-refractivity contribution in [2.45, 2.75) is 22.6 Å². The quantitative estimate of drug-likeness (QED) is 0.460. The van der Waals surface area contributed by atoms with E-state index in [9.17, 15) is 18.0 Å². The van der Waals surface area contributed by atoms with E-state index in [-0.39, 0.29) is 11.2 Å². The lowest BCUT2D eigenvalue weighted by molar-refractivity contribution is -0.137. The Morgan fingerprint density at radius 2 is 2.21 bits per heavy atom. The van der Waals surface area contributed by atoms with Crippen molar-refractivity contribution < 1.29 is 13.2 Å². The highest BCUT2D eigenvalue weighted by Crippen LogP contribution is 2.33. The Kier molecular flexibility index (Phi) is 4.78. The van der Waals surface area contributed by atoms with Gasteiger partial charge in [0.05, 0.1) is 21.8 Å². The van der Waals surface area contributed by atoms with Crippen LogP contribution in [0.3, 0.4) is 0 Å². The van der Waals surface area contributed by atoms with Crippen LogP contribution in [0.25, 0.3) is 5.69 Å². The Hall–Kier alpha value is -1.67. The first-order valence-electron chi connectivity index (χ1n) is 7.12. The second-order valence-electron chi connectivity index (χ2n) is 5.06. The minimum absolute atomic E-state index is 0.171. The van der Waals surface area contributed by atoms with Crippen LogP contribution in [0.4, 0.5) is 13.2 Å². The van der Waals surface area contributed by atoms with E-state index in [1.54, 1.807) is 6.08 Å². The Balaban J connectivity index is 2.19. The summed E-state index contributed by atoms with van der Waals surface area (Å²) in [7, 11) is 0. The Morgan fingerprint density at radius 3 is 2.92 bits per heavy atom. The lowest BCUT2D eigenvalue weighted by Gasteiger charge is -2.15. The molecule has 0 atom stereocenters. The van der Waals surface area contributed by atoms with Gasteiger partial charge in [0.2, 0.25) is 0 Å². The lowest BCUT2D eigenvalue weighted by Crippen LogP contribution is -2.24. The molecule has 0 saturated carbocycles. The second-order valence-corrected chi connectivity index (χ2v) is 7.15. The van der Waals surface area contributed by atoms with Gasteiger partial charge in [-0.05, 0) is 18.2 Å². The highest BCUT2D eigenvalue weighted by Gasteiger charge is 2.31. The first-order chi connectivity index (χ1) is 11.4. The molecule has 0 aliphatic carbocycles. The van der Waals surface area contributed by atoms with Crippen LogP contribution < -0.4 is 5.56 Å². The molecular formula is C16H13F3N2OS2. The summed E-state index contributed by atoms with van der Waals surface area (Å²) in [5.41, 5.74) is -0.211. The zero-order chi connectivity index (χ0) is 17.3. The normalized spacial score (nSPS) is 13.8. The summed E-state index contributed by atoms with van der Waals surface area (Å²) in [6.45, 7) is 3.63. The topological polar surface area (TPSA) is 34.9 Å². The Labute approximate surface area is 145 Å². The summed E-state index contributed by atoms with van der Waals surface area (Å²) in [4.78, 5) is 17.8. The van der Waals surface area contributed by atoms with Crippen LogP contribution in [0.15, 0.2) is 51.8 Å². The zero-order valence-electron chi connectivity index (χ0n) is 12.5. The minimum atomic E-state index is -4.47. The van der Waals surface area contributed by atoms with E-state index in [2.05, 4.69) is 11.6 Å². The SMILES string of the molecule is C=CCSc1nc2c(c(=O)n1-c1cccc(C(F)(F)F)c1)SCC2. The van der Waals surface area contributed by atoms with Crippen molar-refractivity contribution >= 4 is 23.5 Å². The molecule has 1 aromatic carbocycles. The van der Waals surface area contributed by atoms with Crippen LogP contribution in [0.2, 0.25) is 0 Å². The molecule has 24 heavy (non-hydrogen) atoms. The average Bonchev–Trinajstić information content (AvgIpc) is 3.01. The maximum absolute atomic E-state index is 13.0.